The zero-order valence-corrected chi connectivity index (χ0v) is 15.7. The van der Waals surface area contributed by atoms with E-state index in [4.69, 9.17) is 4.74 Å². The number of esters is 1. The molecule has 1 aromatic rings. The van der Waals surface area contributed by atoms with Crippen LogP contribution in [-0.2, 0) is 4.74 Å². The summed E-state index contributed by atoms with van der Waals surface area (Å²) in [6.45, 7) is 4.25. The van der Waals surface area contributed by atoms with Gasteiger partial charge in [0, 0.05) is 11.1 Å². The van der Waals surface area contributed by atoms with Gasteiger partial charge in [0.25, 0.3) is 0 Å². The summed E-state index contributed by atoms with van der Waals surface area (Å²) in [7, 11) is 1.39. The second-order valence-corrected chi connectivity index (χ2v) is 6.48. The van der Waals surface area contributed by atoms with Crippen LogP contribution in [0.5, 0.6) is 0 Å². The standard InChI is InChI=1S/C25H20O2/c1-18(2)20-14-9-15-22-21(17-24(23(22)16-20)25(26)27-3)13-8-7-12-19-10-5-4-6-11-19/h4-6,9-11,14-18H,1-3H3. The van der Waals surface area contributed by atoms with Crippen molar-refractivity contribution in [1.82, 2.24) is 0 Å². The van der Waals surface area contributed by atoms with Crippen molar-refractivity contribution in [1.29, 1.82) is 0 Å². The highest BCUT2D eigenvalue weighted by atomic mass is 16.5. The van der Waals surface area contributed by atoms with Crippen LogP contribution in [0.2, 0.25) is 0 Å². The molecule has 2 heteroatoms. The van der Waals surface area contributed by atoms with Crippen molar-refractivity contribution in [2.75, 3.05) is 7.11 Å². The van der Waals surface area contributed by atoms with Crippen LogP contribution < -0.4 is 0 Å². The highest BCUT2D eigenvalue weighted by Crippen LogP contribution is 2.34. The van der Waals surface area contributed by atoms with E-state index in [0.29, 0.717) is 11.5 Å². The molecule has 0 saturated heterocycles. The maximum atomic E-state index is 12.2. The maximum absolute atomic E-state index is 12.2. The van der Waals surface area contributed by atoms with E-state index < -0.39 is 0 Å². The van der Waals surface area contributed by atoms with Crippen molar-refractivity contribution in [2.45, 2.75) is 19.8 Å². The highest BCUT2D eigenvalue weighted by molar-refractivity contribution is 6.01. The number of rotatable bonds is 2. The summed E-state index contributed by atoms with van der Waals surface area (Å²) in [6.07, 6.45) is 0. The average Bonchev–Trinajstić information content (AvgIpc) is 2.87. The lowest BCUT2D eigenvalue weighted by Gasteiger charge is -2.04. The fourth-order valence-corrected chi connectivity index (χ4v) is 2.86. The highest BCUT2D eigenvalue weighted by Gasteiger charge is 2.20. The molecule has 0 bridgehead atoms. The van der Waals surface area contributed by atoms with Crippen LogP contribution in [0.1, 0.15) is 46.8 Å². The Morgan fingerprint density at radius 3 is 2.33 bits per heavy atom. The Morgan fingerprint density at radius 1 is 0.889 bits per heavy atom. The third-order valence-electron chi connectivity index (χ3n) is 4.33. The van der Waals surface area contributed by atoms with E-state index >= 15 is 0 Å². The first-order chi connectivity index (χ1) is 13.1. The maximum Gasteiger partial charge on any atom is 0.338 e. The fraction of sp³-hybridized carbons (Fsp3) is 0.160. The molecule has 0 unspecified atom stereocenters. The van der Waals surface area contributed by atoms with E-state index in [0.717, 1.165) is 27.8 Å². The summed E-state index contributed by atoms with van der Waals surface area (Å²) >= 11 is 0. The Balaban J connectivity index is 2.04. The number of fused-ring (bicyclic) bond motifs is 1. The van der Waals surface area contributed by atoms with Crippen molar-refractivity contribution in [3.63, 3.8) is 0 Å². The normalized spacial score (nSPS) is 9.93. The smallest absolute Gasteiger partial charge is 0.338 e. The number of hydrogen-bond donors (Lipinski definition) is 0. The summed E-state index contributed by atoms with van der Waals surface area (Å²) in [5.74, 6) is 11.9. The molecule has 0 aliphatic heterocycles. The Labute approximate surface area is 160 Å². The molecule has 0 N–H and O–H groups in total. The molecule has 2 aliphatic carbocycles. The SMILES string of the molecule is COC(=O)c1cc(C#CC#Cc2ccccc2)c2cccc(C(C)C)cc1-2. The van der Waals surface area contributed by atoms with Gasteiger partial charge >= 0.3 is 5.97 Å². The van der Waals surface area contributed by atoms with Gasteiger partial charge in [0.2, 0.25) is 0 Å². The molecule has 0 fully saturated rings. The van der Waals surface area contributed by atoms with E-state index in [1.807, 2.05) is 48.5 Å². The number of methoxy groups -OCH3 is 1. The predicted octanol–water partition coefficient (Wildman–Crippen LogP) is 5.10. The van der Waals surface area contributed by atoms with Gasteiger partial charge in [-0.2, -0.15) is 0 Å². The summed E-state index contributed by atoms with van der Waals surface area (Å²) < 4.78 is 4.96. The third-order valence-corrected chi connectivity index (χ3v) is 4.33. The Bertz CT molecular complexity index is 1050. The molecule has 2 aliphatic rings. The van der Waals surface area contributed by atoms with Gasteiger partial charge in [0.1, 0.15) is 0 Å². The van der Waals surface area contributed by atoms with Gasteiger partial charge in [0.05, 0.1) is 12.7 Å². The van der Waals surface area contributed by atoms with Gasteiger partial charge in [-0.15, -0.1) is 0 Å². The lowest BCUT2D eigenvalue weighted by Crippen LogP contribution is -2.00. The molecule has 0 spiro atoms. The molecule has 0 radical (unpaired) electrons. The van der Waals surface area contributed by atoms with E-state index in [1.165, 1.54) is 7.11 Å². The quantitative estimate of drug-likeness (QED) is 0.473. The molecular formula is C25H20O2. The van der Waals surface area contributed by atoms with Crippen LogP contribution in [-0.4, -0.2) is 13.1 Å². The van der Waals surface area contributed by atoms with Crippen LogP contribution in [0, 0.1) is 23.7 Å². The van der Waals surface area contributed by atoms with Gasteiger partial charge in [0.15, 0.2) is 0 Å². The predicted molar refractivity (Wildman–Crippen MR) is 109 cm³/mol. The van der Waals surface area contributed by atoms with E-state index in [9.17, 15) is 4.79 Å². The largest absolute Gasteiger partial charge is 0.465 e. The molecule has 27 heavy (non-hydrogen) atoms. The minimum absolute atomic E-state index is 0.354. The summed E-state index contributed by atoms with van der Waals surface area (Å²) in [5.41, 5.74) is 5.17. The number of ether oxygens (including phenoxy) is 1. The van der Waals surface area contributed by atoms with Crippen molar-refractivity contribution < 1.29 is 9.53 Å². The van der Waals surface area contributed by atoms with Crippen molar-refractivity contribution in [3.8, 4) is 34.8 Å². The van der Waals surface area contributed by atoms with E-state index in [-0.39, 0.29) is 5.97 Å². The first-order valence-electron chi connectivity index (χ1n) is 8.82. The van der Waals surface area contributed by atoms with Gasteiger partial charge < -0.3 is 4.74 Å². The van der Waals surface area contributed by atoms with E-state index in [1.54, 1.807) is 6.07 Å². The average molecular weight is 352 g/mol. The Kier molecular flexibility index (Phi) is 5.60. The molecule has 0 saturated carbocycles. The molecule has 0 aromatic heterocycles. The van der Waals surface area contributed by atoms with Crippen LogP contribution in [0.25, 0.3) is 11.1 Å². The number of carbonyl (C=O) groups is 1. The van der Waals surface area contributed by atoms with Crippen LogP contribution >= 0.6 is 0 Å². The van der Waals surface area contributed by atoms with Gasteiger partial charge in [-0.25, -0.2) is 4.79 Å². The van der Waals surface area contributed by atoms with E-state index in [2.05, 4.69) is 43.6 Å². The molecule has 0 heterocycles. The zero-order valence-electron chi connectivity index (χ0n) is 15.7. The number of carbonyl (C=O) groups excluding carboxylic acids is 1. The second kappa shape index (κ2) is 8.26. The van der Waals surface area contributed by atoms with Crippen molar-refractivity contribution in [3.05, 3.63) is 82.9 Å². The number of benzene rings is 1. The third kappa shape index (κ3) is 4.20. The first kappa shape index (κ1) is 18.3. The minimum atomic E-state index is -0.357. The molecule has 132 valence electrons. The summed E-state index contributed by atoms with van der Waals surface area (Å²) in [4.78, 5) is 12.2. The fourth-order valence-electron chi connectivity index (χ4n) is 2.86. The van der Waals surface area contributed by atoms with Crippen LogP contribution in [0.3, 0.4) is 0 Å². The topological polar surface area (TPSA) is 26.3 Å². The van der Waals surface area contributed by atoms with Gasteiger partial charge in [-0.1, -0.05) is 62.1 Å². The minimum Gasteiger partial charge on any atom is -0.465 e. The first-order valence-corrected chi connectivity index (χ1v) is 8.82. The Morgan fingerprint density at radius 2 is 1.63 bits per heavy atom. The zero-order chi connectivity index (χ0) is 19.2. The molecular weight excluding hydrogens is 332 g/mol. The molecule has 0 amide bonds. The monoisotopic (exact) mass is 352 g/mol. The van der Waals surface area contributed by atoms with Crippen molar-refractivity contribution >= 4 is 5.97 Å². The molecule has 2 nitrogen and oxygen atoms in total. The lowest BCUT2D eigenvalue weighted by atomic mass is 10.0. The van der Waals surface area contributed by atoms with Crippen molar-refractivity contribution in [2.24, 2.45) is 0 Å². The molecule has 0 atom stereocenters. The summed E-state index contributed by atoms with van der Waals surface area (Å²) in [5, 5.41) is 0. The van der Waals surface area contributed by atoms with Crippen LogP contribution in [0.15, 0.2) is 60.7 Å². The van der Waals surface area contributed by atoms with Gasteiger partial charge in [-0.3, -0.25) is 0 Å². The number of hydrogen-bond acceptors (Lipinski definition) is 2. The second-order valence-electron chi connectivity index (χ2n) is 6.48. The van der Waals surface area contributed by atoms with Gasteiger partial charge in [-0.05, 0) is 58.7 Å². The Hall–Kier alpha value is -3.49. The molecule has 3 rings (SSSR count). The lowest BCUT2D eigenvalue weighted by molar-refractivity contribution is 0.0602. The van der Waals surface area contributed by atoms with Crippen LogP contribution in [0.4, 0.5) is 0 Å². The molecule has 1 aromatic carbocycles. The summed E-state index contributed by atoms with van der Waals surface area (Å²) in [6, 6.07) is 19.6.